The first-order valence-electron chi connectivity index (χ1n) is 23.5. The van der Waals surface area contributed by atoms with Crippen LogP contribution >= 0.6 is 0 Å². The molecule has 0 aromatic rings. The molecule has 1 rings (SSSR count). The fraction of sp³-hybridized carbons (Fsp3) is 0.727. The summed E-state index contributed by atoms with van der Waals surface area (Å²) in [5.41, 5.74) is 17.1. The van der Waals surface area contributed by atoms with Gasteiger partial charge in [-0.1, -0.05) is 48.0 Å². The number of rotatable bonds is 30. The van der Waals surface area contributed by atoms with Gasteiger partial charge in [0.05, 0.1) is 18.9 Å². The Morgan fingerprint density at radius 2 is 1.07 bits per heavy atom. The first kappa shape index (κ1) is 61.6. The number of carboxylic acids is 2. The minimum Gasteiger partial charge on any atom is -0.481 e. The number of nitrogens with one attached hydrogen (secondary N) is 8. The van der Waals surface area contributed by atoms with E-state index in [2.05, 4.69) is 42.5 Å². The number of hydrogen-bond acceptors (Lipinski definition) is 14. The zero-order valence-corrected chi connectivity index (χ0v) is 41.5. The predicted octanol–water partition coefficient (Wildman–Crippen LogP) is -3.84. The highest BCUT2D eigenvalue weighted by atomic mass is 16.4. The van der Waals surface area contributed by atoms with Gasteiger partial charge >= 0.3 is 11.9 Å². The van der Waals surface area contributed by atoms with Crippen molar-refractivity contribution < 1.29 is 67.7 Å². The van der Waals surface area contributed by atoms with Gasteiger partial charge in [-0.25, -0.2) is 0 Å². The molecule has 396 valence electrons. The smallest absolute Gasteiger partial charge is 0.325 e. The molecule has 0 aliphatic carbocycles. The lowest BCUT2D eigenvalue weighted by Gasteiger charge is -2.30. The molecule has 26 nitrogen and oxygen atoms in total. The van der Waals surface area contributed by atoms with Crippen LogP contribution in [0.2, 0.25) is 0 Å². The van der Waals surface area contributed by atoms with Gasteiger partial charge in [0.25, 0.3) is 0 Å². The molecule has 0 bridgehead atoms. The van der Waals surface area contributed by atoms with E-state index in [4.69, 9.17) is 17.2 Å². The van der Waals surface area contributed by atoms with Crippen molar-refractivity contribution in [3.63, 3.8) is 0 Å². The third-order valence-corrected chi connectivity index (χ3v) is 11.7. The van der Waals surface area contributed by atoms with Crippen LogP contribution in [0.3, 0.4) is 0 Å². The van der Waals surface area contributed by atoms with Crippen molar-refractivity contribution in [1.29, 1.82) is 0 Å². The standard InChI is InChI=1S/C44H76N12O14/c1-10-22(6)34(42(67)50-25(9)44(69)70)55-36(61)24(8)48-35(60)23(7)49-38(63)27(18-30(46)57)53-41(66)33(21(4)5)54-39(64)28(19-31(58)59)52-37(62)26(14-11-12-16-45)51-40(65)29-15-13-17-56(29)43(68)32(47)20(2)3/h20-29,32-34H,10-19,45,47H2,1-9H3,(H2,46,57)(H,48,60)(H,49,63)(H,50,67)(H,51,65)(H,52,62)(H,53,66)(H,54,64)(H,55,61)(H,58,59)(H,69,70)/t22-,23-,24-,25-,26-,27-,28-,29-,32-,33-,34-/m0/s1. The molecule has 0 radical (unpaired) electrons. The summed E-state index contributed by atoms with van der Waals surface area (Å²) in [6, 6.07) is -13.3. The van der Waals surface area contributed by atoms with Crippen LogP contribution in [0.4, 0.5) is 0 Å². The number of carboxylic acid groups (broad SMARTS) is 2. The van der Waals surface area contributed by atoms with E-state index in [1.165, 1.54) is 39.5 Å². The lowest BCUT2D eigenvalue weighted by molar-refractivity contribution is -0.142. The van der Waals surface area contributed by atoms with Crippen LogP contribution < -0.4 is 59.7 Å². The van der Waals surface area contributed by atoms with E-state index in [1.54, 1.807) is 27.7 Å². The second-order valence-corrected chi connectivity index (χ2v) is 18.3. The molecule has 70 heavy (non-hydrogen) atoms. The highest BCUT2D eigenvalue weighted by Crippen LogP contribution is 2.20. The van der Waals surface area contributed by atoms with Gasteiger partial charge in [0.15, 0.2) is 0 Å². The summed E-state index contributed by atoms with van der Waals surface area (Å²) in [5, 5.41) is 38.1. The first-order chi connectivity index (χ1) is 32.6. The molecular weight excluding hydrogens is 921 g/mol. The van der Waals surface area contributed by atoms with Gasteiger partial charge in [0.2, 0.25) is 59.1 Å². The number of nitrogens with two attached hydrogens (primary N) is 3. The maximum absolute atomic E-state index is 13.8. The molecule has 0 aromatic carbocycles. The van der Waals surface area contributed by atoms with Gasteiger partial charge < -0.3 is 74.8 Å². The Morgan fingerprint density at radius 3 is 1.59 bits per heavy atom. The van der Waals surface area contributed by atoms with Crippen LogP contribution in [0.25, 0.3) is 0 Å². The van der Waals surface area contributed by atoms with Crippen LogP contribution in [0.1, 0.15) is 114 Å². The van der Waals surface area contributed by atoms with Gasteiger partial charge in [-0.15, -0.1) is 0 Å². The maximum atomic E-state index is 13.8. The van der Waals surface area contributed by atoms with E-state index < -0.39 is 156 Å². The Hall–Kier alpha value is -6.44. The number of hydrogen-bond donors (Lipinski definition) is 13. The number of carbonyl (C=O) groups excluding carboxylic acids is 10. The van der Waals surface area contributed by atoms with E-state index in [0.29, 0.717) is 32.1 Å². The summed E-state index contributed by atoms with van der Waals surface area (Å²) in [5.74, 6) is -13.1. The van der Waals surface area contributed by atoms with Crippen molar-refractivity contribution in [3.05, 3.63) is 0 Å². The molecule has 1 heterocycles. The molecular formula is C44H76N12O14. The van der Waals surface area contributed by atoms with Crippen molar-refractivity contribution in [2.24, 2.45) is 35.0 Å². The number of aliphatic carboxylic acids is 2. The topological polar surface area (TPSA) is 423 Å². The molecule has 1 fully saturated rings. The molecule has 0 saturated carbocycles. The van der Waals surface area contributed by atoms with Gasteiger partial charge in [-0.2, -0.15) is 0 Å². The quantitative estimate of drug-likeness (QED) is 0.0307. The second kappa shape index (κ2) is 29.6. The minimum absolute atomic E-state index is 0.0211. The average Bonchev–Trinajstić information content (AvgIpc) is 3.78. The summed E-state index contributed by atoms with van der Waals surface area (Å²) in [4.78, 5) is 157. The maximum Gasteiger partial charge on any atom is 0.325 e. The monoisotopic (exact) mass is 997 g/mol. The van der Waals surface area contributed by atoms with E-state index in [9.17, 15) is 67.7 Å². The predicted molar refractivity (Wildman–Crippen MR) is 251 cm³/mol. The van der Waals surface area contributed by atoms with Crippen LogP contribution in [0.5, 0.6) is 0 Å². The Bertz CT molecular complexity index is 1900. The lowest BCUT2D eigenvalue weighted by atomic mass is 9.97. The molecule has 10 amide bonds. The molecule has 26 heteroatoms. The van der Waals surface area contributed by atoms with Gasteiger partial charge in [0, 0.05) is 6.54 Å². The highest BCUT2D eigenvalue weighted by molar-refractivity contribution is 6.00. The minimum atomic E-state index is -1.81. The second-order valence-electron chi connectivity index (χ2n) is 18.3. The van der Waals surface area contributed by atoms with E-state index >= 15 is 0 Å². The number of primary amides is 1. The van der Waals surface area contributed by atoms with Crippen molar-refractivity contribution in [2.75, 3.05) is 13.1 Å². The number of amides is 10. The Kier molecular flexibility index (Phi) is 26.0. The van der Waals surface area contributed by atoms with Crippen LogP contribution in [0.15, 0.2) is 0 Å². The average molecular weight is 997 g/mol. The molecule has 0 spiro atoms. The van der Waals surface area contributed by atoms with Crippen molar-refractivity contribution in [3.8, 4) is 0 Å². The van der Waals surface area contributed by atoms with Crippen molar-refractivity contribution >= 4 is 71.0 Å². The van der Waals surface area contributed by atoms with Gasteiger partial charge in [0.1, 0.15) is 54.4 Å². The molecule has 0 unspecified atom stereocenters. The molecule has 16 N–H and O–H groups in total. The fourth-order valence-electron chi connectivity index (χ4n) is 7.05. The zero-order valence-electron chi connectivity index (χ0n) is 41.5. The summed E-state index contributed by atoms with van der Waals surface area (Å²) >= 11 is 0. The normalized spacial score (nSPS) is 17.7. The van der Waals surface area contributed by atoms with E-state index in [1.807, 2.05) is 0 Å². The molecule has 11 atom stereocenters. The number of carbonyl (C=O) groups is 12. The van der Waals surface area contributed by atoms with Gasteiger partial charge in [-0.3, -0.25) is 57.5 Å². The highest BCUT2D eigenvalue weighted by Gasteiger charge is 2.40. The van der Waals surface area contributed by atoms with Crippen molar-refractivity contribution in [2.45, 2.75) is 174 Å². The SMILES string of the molecule is CC[C@H](C)[C@H](NC(=O)[C@H](C)NC(=O)[C@H](C)NC(=O)[C@H](CC(N)=O)NC(=O)[C@@H](NC(=O)[C@H](CC(=O)O)NC(=O)[C@H](CCCCN)NC(=O)[C@@H]1CCCN1C(=O)[C@@H](N)C(C)C)C(C)C)C(=O)N[C@@H](C)C(=O)O. The Labute approximate surface area is 407 Å². The van der Waals surface area contributed by atoms with Crippen LogP contribution in [0, 0.1) is 17.8 Å². The summed E-state index contributed by atoms with van der Waals surface area (Å²) in [6.45, 7) is 14.2. The third kappa shape index (κ3) is 19.9. The van der Waals surface area contributed by atoms with Crippen LogP contribution in [-0.4, -0.2) is 160 Å². The van der Waals surface area contributed by atoms with Crippen LogP contribution in [-0.2, 0) is 57.5 Å². The molecule has 1 saturated heterocycles. The Balaban J connectivity index is 3.21. The molecule has 1 aliphatic heterocycles. The first-order valence-corrected chi connectivity index (χ1v) is 23.5. The Morgan fingerprint density at radius 1 is 0.586 bits per heavy atom. The van der Waals surface area contributed by atoms with E-state index in [0.717, 1.165) is 0 Å². The molecule has 1 aliphatic rings. The zero-order chi connectivity index (χ0) is 53.7. The summed E-state index contributed by atoms with van der Waals surface area (Å²) < 4.78 is 0. The number of likely N-dealkylation sites (tertiary alicyclic amines) is 1. The number of unbranched alkanes of at least 4 members (excludes halogenated alkanes) is 1. The van der Waals surface area contributed by atoms with Crippen molar-refractivity contribution in [1.82, 2.24) is 47.4 Å². The third-order valence-electron chi connectivity index (χ3n) is 11.7. The molecule has 0 aromatic heterocycles. The number of nitrogens with zero attached hydrogens (tertiary/aromatic N) is 1. The summed E-state index contributed by atoms with van der Waals surface area (Å²) in [7, 11) is 0. The van der Waals surface area contributed by atoms with E-state index in [-0.39, 0.29) is 25.4 Å². The fourth-order valence-corrected chi connectivity index (χ4v) is 7.05. The van der Waals surface area contributed by atoms with Gasteiger partial charge in [-0.05, 0) is 77.2 Å². The largest absolute Gasteiger partial charge is 0.481 e. The lowest BCUT2D eigenvalue weighted by Crippen LogP contribution is -2.61. The summed E-state index contributed by atoms with van der Waals surface area (Å²) in [6.07, 6.45) is 0.242.